The monoisotopic (exact) mass is 390 g/mol. The van der Waals surface area contributed by atoms with Crippen molar-refractivity contribution in [3.8, 4) is 5.88 Å². The molecule has 3 rings (SSSR count). The molecule has 122 valence electrons. The van der Waals surface area contributed by atoms with Crippen molar-refractivity contribution in [3.05, 3.63) is 68.7 Å². The minimum atomic E-state index is -1.40. The summed E-state index contributed by atoms with van der Waals surface area (Å²) in [6, 6.07) is 13.3. The van der Waals surface area contributed by atoms with E-state index in [1.54, 1.807) is 22.8 Å². The molecule has 1 heterocycles. The lowest BCUT2D eigenvalue weighted by molar-refractivity contribution is -0.384. The number of ether oxygens (including phenoxy) is 1. The fourth-order valence-corrected chi connectivity index (χ4v) is 2.84. The Morgan fingerprint density at radius 1 is 1.21 bits per heavy atom. The van der Waals surface area contributed by atoms with Crippen molar-refractivity contribution in [2.24, 2.45) is 0 Å². The Hall–Kier alpha value is -2.87. The van der Waals surface area contributed by atoms with Crippen LogP contribution in [-0.2, 0) is 6.54 Å². The molecule has 0 aliphatic heterocycles. The summed E-state index contributed by atoms with van der Waals surface area (Å²) < 4.78 is 7.43. The lowest BCUT2D eigenvalue weighted by atomic mass is 10.2. The van der Waals surface area contributed by atoms with Crippen LogP contribution in [0.2, 0.25) is 0 Å². The maximum absolute atomic E-state index is 10.9. The summed E-state index contributed by atoms with van der Waals surface area (Å²) in [6.45, 7) is 0.325. The molecule has 1 aromatic heterocycles. The van der Waals surface area contributed by atoms with Crippen LogP contribution in [0.1, 0.15) is 5.56 Å². The van der Waals surface area contributed by atoms with Gasteiger partial charge < -0.3 is 14.4 Å². The number of hydrogen-bond donors (Lipinski definition) is 1. The van der Waals surface area contributed by atoms with Crippen molar-refractivity contribution in [1.29, 1.82) is 0 Å². The van der Waals surface area contributed by atoms with Gasteiger partial charge in [-0.15, -0.1) is 0 Å². The number of benzene rings is 2. The summed E-state index contributed by atoms with van der Waals surface area (Å²) in [5.74, 6) is 0.189. The molecular weight excluding hydrogens is 380 g/mol. The average Bonchev–Trinajstić information content (AvgIpc) is 2.83. The molecule has 0 saturated heterocycles. The van der Waals surface area contributed by atoms with E-state index in [0.717, 1.165) is 20.9 Å². The van der Waals surface area contributed by atoms with Gasteiger partial charge in [0, 0.05) is 28.1 Å². The zero-order chi connectivity index (χ0) is 17.3. The molecular formula is C16H11BrN2O5. The molecule has 0 unspecified atom stereocenters. The second kappa shape index (κ2) is 6.32. The third-order valence-corrected chi connectivity index (χ3v) is 4.00. The summed E-state index contributed by atoms with van der Waals surface area (Å²) in [5.41, 5.74) is 1.59. The smallest absolute Gasteiger partial charge is 0.449 e. The van der Waals surface area contributed by atoms with Gasteiger partial charge in [-0.05, 0) is 23.8 Å². The molecule has 0 spiro atoms. The Morgan fingerprint density at radius 3 is 2.54 bits per heavy atom. The molecule has 7 nitrogen and oxygen atoms in total. The van der Waals surface area contributed by atoms with E-state index in [1.807, 2.05) is 18.2 Å². The molecule has 0 radical (unpaired) electrons. The fourth-order valence-electron chi connectivity index (χ4n) is 2.46. The summed E-state index contributed by atoms with van der Waals surface area (Å²) >= 11 is 3.38. The second-order valence-electron chi connectivity index (χ2n) is 5.06. The van der Waals surface area contributed by atoms with Gasteiger partial charge in [-0.2, -0.15) is 0 Å². The molecule has 0 saturated carbocycles. The predicted molar refractivity (Wildman–Crippen MR) is 90.5 cm³/mol. The lowest BCUT2D eigenvalue weighted by Crippen LogP contribution is -2.09. The van der Waals surface area contributed by atoms with Crippen molar-refractivity contribution >= 4 is 38.7 Å². The summed E-state index contributed by atoms with van der Waals surface area (Å²) in [6.07, 6.45) is -1.40. The molecule has 0 fully saturated rings. The highest BCUT2D eigenvalue weighted by Crippen LogP contribution is 2.29. The van der Waals surface area contributed by atoms with Crippen LogP contribution in [0.15, 0.2) is 53.0 Å². The van der Waals surface area contributed by atoms with Gasteiger partial charge in [0.25, 0.3) is 5.69 Å². The SMILES string of the molecule is O=C(O)Oc1cc2cc(Br)ccc2n1Cc1ccc([N+](=O)[O-])cc1. The van der Waals surface area contributed by atoms with Gasteiger partial charge in [-0.25, -0.2) is 4.79 Å². The first-order chi connectivity index (χ1) is 11.4. The van der Waals surface area contributed by atoms with Gasteiger partial charge >= 0.3 is 6.16 Å². The van der Waals surface area contributed by atoms with Crippen LogP contribution in [0, 0.1) is 10.1 Å². The number of hydrogen-bond acceptors (Lipinski definition) is 4. The van der Waals surface area contributed by atoms with Gasteiger partial charge in [0.1, 0.15) is 0 Å². The number of halogens is 1. The Balaban J connectivity index is 2.02. The van der Waals surface area contributed by atoms with Gasteiger partial charge in [0.15, 0.2) is 0 Å². The van der Waals surface area contributed by atoms with Gasteiger partial charge in [0.2, 0.25) is 5.88 Å². The molecule has 8 heteroatoms. The summed E-state index contributed by atoms with van der Waals surface area (Å²) in [4.78, 5) is 21.2. The largest absolute Gasteiger partial charge is 0.512 e. The summed E-state index contributed by atoms with van der Waals surface area (Å²) in [5, 5.41) is 20.5. The lowest BCUT2D eigenvalue weighted by Gasteiger charge is -2.09. The van der Waals surface area contributed by atoms with Gasteiger partial charge in [-0.3, -0.25) is 10.1 Å². The Kier molecular flexibility index (Phi) is 4.22. The number of carbonyl (C=O) groups is 1. The van der Waals surface area contributed by atoms with E-state index in [1.165, 1.54) is 12.1 Å². The van der Waals surface area contributed by atoms with Crippen molar-refractivity contribution in [2.75, 3.05) is 0 Å². The highest BCUT2D eigenvalue weighted by Gasteiger charge is 2.14. The van der Waals surface area contributed by atoms with Crippen molar-refractivity contribution in [1.82, 2.24) is 4.57 Å². The highest BCUT2D eigenvalue weighted by molar-refractivity contribution is 9.10. The van der Waals surface area contributed by atoms with Crippen molar-refractivity contribution in [2.45, 2.75) is 6.54 Å². The molecule has 1 N–H and O–H groups in total. The van der Waals surface area contributed by atoms with E-state index in [9.17, 15) is 14.9 Å². The zero-order valence-electron chi connectivity index (χ0n) is 12.2. The topological polar surface area (TPSA) is 94.6 Å². The highest BCUT2D eigenvalue weighted by atomic mass is 79.9. The fraction of sp³-hybridized carbons (Fsp3) is 0.0625. The maximum Gasteiger partial charge on any atom is 0.512 e. The first-order valence-electron chi connectivity index (χ1n) is 6.87. The van der Waals surface area contributed by atoms with Crippen molar-refractivity contribution < 1.29 is 19.6 Å². The van der Waals surface area contributed by atoms with E-state index in [-0.39, 0.29) is 11.6 Å². The molecule has 0 atom stereocenters. The molecule has 3 aromatic rings. The van der Waals surface area contributed by atoms with Crippen LogP contribution in [-0.4, -0.2) is 20.8 Å². The van der Waals surface area contributed by atoms with Crippen molar-refractivity contribution in [3.63, 3.8) is 0 Å². The van der Waals surface area contributed by atoms with Crippen LogP contribution < -0.4 is 4.74 Å². The number of aromatic nitrogens is 1. The Morgan fingerprint density at radius 2 is 1.92 bits per heavy atom. The average molecular weight is 391 g/mol. The zero-order valence-corrected chi connectivity index (χ0v) is 13.8. The van der Waals surface area contributed by atoms with E-state index in [4.69, 9.17) is 9.84 Å². The van der Waals surface area contributed by atoms with Gasteiger partial charge in [0.05, 0.1) is 17.0 Å². The molecule has 0 amide bonds. The van der Waals surface area contributed by atoms with E-state index in [0.29, 0.717) is 6.54 Å². The van der Waals surface area contributed by atoms with Crippen LogP contribution in [0.25, 0.3) is 10.9 Å². The van der Waals surface area contributed by atoms with Crippen LogP contribution in [0.4, 0.5) is 10.5 Å². The van der Waals surface area contributed by atoms with Crippen LogP contribution in [0.5, 0.6) is 5.88 Å². The molecule has 0 aliphatic rings. The first-order valence-corrected chi connectivity index (χ1v) is 7.66. The molecule has 2 aromatic carbocycles. The number of nitro benzene ring substituents is 1. The predicted octanol–water partition coefficient (Wildman–Crippen LogP) is 4.42. The normalized spacial score (nSPS) is 10.7. The molecule has 24 heavy (non-hydrogen) atoms. The number of nitro groups is 1. The number of rotatable bonds is 4. The molecule has 0 aliphatic carbocycles. The Labute approximate surface area is 144 Å². The minimum Gasteiger partial charge on any atom is -0.449 e. The van der Waals surface area contributed by atoms with E-state index >= 15 is 0 Å². The van der Waals surface area contributed by atoms with Crippen LogP contribution >= 0.6 is 15.9 Å². The number of non-ortho nitro benzene ring substituents is 1. The first kappa shape index (κ1) is 16.0. The maximum atomic E-state index is 10.9. The third-order valence-electron chi connectivity index (χ3n) is 3.51. The second-order valence-corrected chi connectivity index (χ2v) is 5.98. The minimum absolute atomic E-state index is 0.00190. The third kappa shape index (κ3) is 3.23. The number of fused-ring (bicyclic) bond motifs is 1. The number of carboxylic acid groups (broad SMARTS) is 1. The quantitative estimate of drug-likeness (QED) is 0.404. The Bertz CT molecular complexity index is 934. The van der Waals surface area contributed by atoms with E-state index < -0.39 is 11.1 Å². The summed E-state index contributed by atoms with van der Waals surface area (Å²) in [7, 11) is 0. The van der Waals surface area contributed by atoms with E-state index in [2.05, 4.69) is 15.9 Å². The number of nitrogens with zero attached hydrogens (tertiary/aromatic N) is 2. The van der Waals surface area contributed by atoms with Crippen LogP contribution in [0.3, 0.4) is 0 Å². The molecule has 0 bridgehead atoms. The van der Waals surface area contributed by atoms with Gasteiger partial charge in [-0.1, -0.05) is 28.1 Å². The standard InChI is InChI=1S/C16H11BrN2O5/c17-12-3-6-14-11(7-12)8-15(24-16(20)21)18(14)9-10-1-4-13(5-2-10)19(22)23/h1-8H,9H2,(H,20,21).